The van der Waals surface area contributed by atoms with Crippen LogP contribution in [0.1, 0.15) is 37.1 Å². The molecule has 20 heavy (non-hydrogen) atoms. The molecule has 0 atom stereocenters. The summed E-state index contributed by atoms with van der Waals surface area (Å²) < 4.78 is 26.1. The highest BCUT2D eigenvalue weighted by Crippen LogP contribution is 2.18. The molecule has 1 aliphatic carbocycles. The summed E-state index contributed by atoms with van der Waals surface area (Å²) in [6, 6.07) is 0.666. The van der Waals surface area contributed by atoms with Crippen LogP contribution in [0.15, 0.2) is 0 Å². The van der Waals surface area contributed by atoms with E-state index in [-0.39, 0.29) is 11.7 Å². The van der Waals surface area contributed by atoms with Crippen molar-refractivity contribution in [1.82, 2.24) is 20.5 Å². The van der Waals surface area contributed by atoms with Crippen molar-refractivity contribution in [3.8, 4) is 0 Å². The molecule has 7 nitrogen and oxygen atoms in total. The van der Waals surface area contributed by atoms with E-state index in [0.29, 0.717) is 23.9 Å². The normalized spacial score (nSPS) is 15.3. The summed E-state index contributed by atoms with van der Waals surface area (Å²) in [4.78, 5) is 4.06. The summed E-state index contributed by atoms with van der Waals surface area (Å²) in [7, 11) is -3.39. The SMILES string of the molecule is Cc1nnc(NS(=O)(=O)CCCCNC2CC2)nc1C. The van der Waals surface area contributed by atoms with Crippen molar-refractivity contribution in [3.05, 3.63) is 11.4 Å². The first-order valence-corrected chi connectivity index (χ1v) is 8.53. The lowest BCUT2D eigenvalue weighted by Gasteiger charge is -2.07. The van der Waals surface area contributed by atoms with Gasteiger partial charge in [0.25, 0.3) is 5.95 Å². The van der Waals surface area contributed by atoms with Gasteiger partial charge >= 0.3 is 0 Å². The van der Waals surface area contributed by atoms with Crippen LogP contribution >= 0.6 is 0 Å². The van der Waals surface area contributed by atoms with E-state index in [9.17, 15) is 8.42 Å². The monoisotopic (exact) mass is 299 g/mol. The van der Waals surface area contributed by atoms with E-state index in [1.807, 2.05) is 0 Å². The molecule has 0 amide bonds. The number of unbranched alkanes of at least 4 members (excludes halogenated alkanes) is 1. The zero-order chi connectivity index (χ0) is 14.6. The van der Waals surface area contributed by atoms with Gasteiger partial charge in [0, 0.05) is 6.04 Å². The molecule has 2 N–H and O–H groups in total. The van der Waals surface area contributed by atoms with Gasteiger partial charge in [-0.15, -0.1) is 5.10 Å². The Bertz CT molecular complexity index is 557. The zero-order valence-electron chi connectivity index (χ0n) is 11.9. The van der Waals surface area contributed by atoms with Gasteiger partial charge < -0.3 is 5.32 Å². The molecule has 1 heterocycles. The van der Waals surface area contributed by atoms with Crippen molar-refractivity contribution < 1.29 is 8.42 Å². The van der Waals surface area contributed by atoms with E-state index in [4.69, 9.17) is 0 Å². The minimum Gasteiger partial charge on any atom is -0.314 e. The van der Waals surface area contributed by atoms with Crippen LogP contribution in [0.3, 0.4) is 0 Å². The van der Waals surface area contributed by atoms with Crippen LogP contribution in [0.2, 0.25) is 0 Å². The maximum atomic E-state index is 11.9. The molecule has 0 unspecified atom stereocenters. The third kappa shape index (κ3) is 5.01. The maximum absolute atomic E-state index is 11.9. The molecule has 2 rings (SSSR count). The number of aryl methyl sites for hydroxylation is 2. The average molecular weight is 299 g/mol. The van der Waals surface area contributed by atoms with Crippen LogP contribution in [-0.2, 0) is 10.0 Å². The number of anilines is 1. The number of aromatic nitrogens is 3. The molecule has 0 spiro atoms. The van der Waals surface area contributed by atoms with Crippen molar-refractivity contribution in [2.45, 2.75) is 45.6 Å². The van der Waals surface area contributed by atoms with Crippen LogP contribution in [0.4, 0.5) is 5.95 Å². The lowest BCUT2D eigenvalue weighted by Crippen LogP contribution is -2.21. The lowest BCUT2D eigenvalue weighted by molar-refractivity contribution is 0.590. The minimum absolute atomic E-state index is 0.0456. The molecule has 0 radical (unpaired) electrons. The topological polar surface area (TPSA) is 96.9 Å². The Labute approximate surface area is 119 Å². The van der Waals surface area contributed by atoms with E-state index in [1.165, 1.54) is 12.8 Å². The fraction of sp³-hybridized carbons (Fsp3) is 0.750. The number of sulfonamides is 1. The maximum Gasteiger partial charge on any atom is 0.256 e. The number of rotatable bonds is 8. The number of hydrogen-bond acceptors (Lipinski definition) is 6. The fourth-order valence-electron chi connectivity index (χ4n) is 1.70. The molecule has 1 aromatic heterocycles. The average Bonchev–Trinajstić information content (AvgIpc) is 3.17. The van der Waals surface area contributed by atoms with Crippen molar-refractivity contribution in [3.63, 3.8) is 0 Å². The highest BCUT2D eigenvalue weighted by Gasteiger charge is 2.19. The van der Waals surface area contributed by atoms with Crippen LogP contribution in [0.25, 0.3) is 0 Å². The Kier molecular flexibility index (Phi) is 4.87. The first-order valence-electron chi connectivity index (χ1n) is 6.88. The molecule has 112 valence electrons. The summed E-state index contributed by atoms with van der Waals surface area (Å²) in [5, 5.41) is 10.9. The van der Waals surface area contributed by atoms with Gasteiger partial charge in [0.1, 0.15) is 0 Å². The van der Waals surface area contributed by atoms with Crippen LogP contribution in [0, 0.1) is 13.8 Å². The Morgan fingerprint density at radius 3 is 2.55 bits per heavy atom. The molecule has 1 saturated carbocycles. The van der Waals surface area contributed by atoms with Crippen molar-refractivity contribution in [1.29, 1.82) is 0 Å². The molecule has 1 aliphatic rings. The Balaban J connectivity index is 1.75. The van der Waals surface area contributed by atoms with Crippen molar-refractivity contribution in [2.24, 2.45) is 0 Å². The standard InChI is InChI=1S/C12H21N5O2S/c1-9-10(2)15-16-12(14-9)17-20(18,19)8-4-3-7-13-11-5-6-11/h11,13H,3-8H2,1-2H3,(H,14,16,17). The van der Waals surface area contributed by atoms with E-state index >= 15 is 0 Å². The number of nitrogens with one attached hydrogen (secondary N) is 2. The van der Waals surface area contributed by atoms with E-state index in [1.54, 1.807) is 13.8 Å². The molecule has 0 aliphatic heterocycles. The summed E-state index contributed by atoms with van der Waals surface area (Å²) in [5.41, 5.74) is 1.37. The summed E-state index contributed by atoms with van der Waals surface area (Å²) in [6.45, 7) is 4.42. The van der Waals surface area contributed by atoms with Crippen LogP contribution < -0.4 is 10.0 Å². The smallest absolute Gasteiger partial charge is 0.256 e. The third-order valence-electron chi connectivity index (χ3n) is 3.19. The van der Waals surface area contributed by atoms with Gasteiger partial charge in [0.15, 0.2) is 0 Å². The van der Waals surface area contributed by atoms with E-state index < -0.39 is 10.0 Å². The molecule has 0 saturated heterocycles. The van der Waals surface area contributed by atoms with Crippen LogP contribution in [-0.4, -0.2) is 41.9 Å². The van der Waals surface area contributed by atoms with E-state index in [0.717, 1.165) is 13.0 Å². The predicted octanol–water partition coefficient (Wildman–Crippen LogP) is 0.762. The highest BCUT2D eigenvalue weighted by molar-refractivity contribution is 7.92. The molecule has 8 heteroatoms. The molecule has 1 fully saturated rings. The first kappa shape index (κ1) is 15.1. The van der Waals surface area contributed by atoms with Crippen LogP contribution in [0.5, 0.6) is 0 Å². The molecular weight excluding hydrogens is 278 g/mol. The van der Waals surface area contributed by atoms with Gasteiger partial charge in [-0.3, -0.25) is 0 Å². The van der Waals surface area contributed by atoms with Gasteiger partial charge in [-0.05, 0) is 46.1 Å². The largest absolute Gasteiger partial charge is 0.314 e. The van der Waals surface area contributed by atoms with Crippen molar-refractivity contribution >= 4 is 16.0 Å². The Morgan fingerprint density at radius 1 is 1.15 bits per heavy atom. The molecule has 0 aromatic carbocycles. The number of nitrogens with zero attached hydrogens (tertiary/aromatic N) is 3. The minimum atomic E-state index is -3.39. The second-order valence-corrected chi connectivity index (χ2v) is 7.00. The first-order chi connectivity index (χ1) is 9.46. The Morgan fingerprint density at radius 2 is 1.90 bits per heavy atom. The second-order valence-electron chi connectivity index (χ2n) is 5.16. The highest BCUT2D eigenvalue weighted by atomic mass is 32.2. The molecular formula is C12H21N5O2S. The van der Waals surface area contributed by atoms with Crippen molar-refractivity contribution in [2.75, 3.05) is 17.0 Å². The zero-order valence-corrected chi connectivity index (χ0v) is 12.7. The number of hydrogen-bond donors (Lipinski definition) is 2. The third-order valence-corrected chi connectivity index (χ3v) is 4.51. The van der Waals surface area contributed by atoms with E-state index in [2.05, 4.69) is 25.2 Å². The van der Waals surface area contributed by atoms with Gasteiger partial charge in [0.05, 0.1) is 17.1 Å². The Hall–Kier alpha value is -1.28. The van der Waals surface area contributed by atoms with Gasteiger partial charge in [-0.1, -0.05) is 0 Å². The lowest BCUT2D eigenvalue weighted by atomic mass is 10.3. The second kappa shape index (κ2) is 6.45. The van der Waals surface area contributed by atoms with Gasteiger partial charge in [-0.2, -0.15) is 5.10 Å². The predicted molar refractivity (Wildman–Crippen MR) is 77.0 cm³/mol. The summed E-state index contributed by atoms with van der Waals surface area (Å²) >= 11 is 0. The summed E-state index contributed by atoms with van der Waals surface area (Å²) in [6.07, 6.45) is 3.96. The molecule has 1 aromatic rings. The quantitative estimate of drug-likeness (QED) is 0.688. The molecule has 0 bridgehead atoms. The summed E-state index contributed by atoms with van der Waals surface area (Å²) in [5.74, 6) is 0.125. The fourth-order valence-corrected chi connectivity index (χ4v) is 2.75. The van der Waals surface area contributed by atoms with Gasteiger partial charge in [-0.25, -0.2) is 18.1 Å². The van der Waals surface area contributed by atoms with Gasteiger partial charge in [0.2, 0.25) is 10.0 Å².